The Kier molecular flexibility index (Phi) is 4.64. The van der Waals surface area contributed by atoms with Crippen LogP contribution in [0.25, 0.3) is 0 Å². The van der Waals surface area contributed by atoms with Gasteiger partial charge >= 0.3 is 0 Å². The number of carbonyl (C=O) groups excluding carboxylic acids is 2. The first-order valence-electron chi connectivity index (χ1n) is 7.96. The molecule has 24 heavy (non-hydrogen) atoms. The van der Waals surface area contributed by atoms with Crippen molar-refractivity contribution in [2.75, 3.05) is 26.2 Å². The number of amides is 2. The zero-order valence-electron chi connectivity index (χ0n) is 13.6. The number of hydrogen-bond acceptors (Lipinski definition) is 2. The Bertz CT molecular complexity index is 731. The molecule has 1 aliphatic rings. The molecule has 126 valence electrons. The number of carbonyl (C=O) groups is 2. The first-order chi connectivity index (χ1) is 11.5. The highest BCUT2D eigenvalue weighted by Crippen LogP contribution is 2.11. The van der Waals surface area contributed by atoms with E-state index in [4.69, 9.17) is 0 Å². The van der Waals surface area contributed by atoms with Crippen LogP contribution in [-0.4, -0.2) is 52.4 Å². The van der Waals surface area contributed by atoms with Gasteiger partial charge in [0, 0.05) is 51.2 Å². The van der Waals surface area contributed by atoms with Crippen LogP contribution in [0.4, 0.5) is 4.39 Å². The van der Waals surface area contributed by atoms with Gasteiger partial charge in [-0.15, -0.1) is 0 Å². The summed E-state index contributed by atoms with van der Waals surface area (Å²) in [5.74, 6) is -0.400. The summed E-state index contributed by atoms with van der Waals surface area (Å²) in [6.07, 6.45) is 4.24. The third-order valence-electron chi connectivity index (χ3n) is 4.26. The summed E-state index contributed by atoms with van der Waals surface area (Å²) in [6, 6.07) is 7.49. The Labute approximate surface area is 140 Å². The summed E-state index contributed by atoms with van der Waals surface area (Å²) < 4.78 is 14.9. The van der Waals surface area contributed by atoms with Crippen LogP contribution in [-0.2, 0) is 18.3 Å². The number of benzene rings is 1. The van der Waals surface area contributed by atoms with E-state index in [9.17, 15) is 14.0 Å². The summed E-state index contributed by atoms with van der Waals surface area (Å²) in [4.78, 5) is 28.2. The first kappa shape index (κ1) is 16.2. The molecule has 2 amide bonds. The lowest BCUT2D eigenvalue weighted by molar-refractivity contribution is -0.131. The molecule has 2 heterocycles. The van der Waals surface area contributed by atoms with Crippen molar-refractivity contribution < 1.29 is 14.0 Å². The molecule has 0 saturated carbocycles. The monoisotopic (exact) mass is 329 g/mol. The minimum atomic E-state index is -0.358. The molecule has 0 spiro atoms. The Balaban J connectivity index is 1.54. The molecule has 1 aliphatic heterocycles. The predicted octanol–water partition coefficient (Wildman–Crippen LogP) is 1.69. The van der Waals surface area contributed by atoms with Crippen LogP contribution in [0.3, 0.4) is 0 Å². The van der Waals surface area contributed by atoms with Gasteiger partial charge in [0.1, 0.15) is 5.82 Å². The van der Waals surface area contributed by atoms with Crippen LogP contribution in [0.2, 0.25) is 0 Å². The highest BCUT2D eigenvalue weighted by Gasteiger charge is 2.24. The highest BCUT2D eigenvalue weighted by molar-refractivity contribution is 5.94. The van der Waals surface area contributed by atoms with Crippen molar-refractivity contribution in [3.05, 3.63) is 59.7 Å². The molecule has 0 bridgehead atoms. The zero-order chi connectivity index (χ0) is 17.1. The molecule has 0 atom stereocenters. The number of hydrogen-bond donors (Lipinski definition) is 0. The van der Waals surface area contributed by atoms with E-state index < -0.39 is 0 Å². The van der Waals surface area contributed by atoms with E-state index >= 15 is 0 Å². The molecule has 3 rings (SSSR count). The lowest BCUT2D eigenvalue weighted by Gasteiger charge is -2.34. The minimum absolute atomic E-state index is 0.0788. The molecular weight excluding hydrogens is 309 g/mol. The quantitative estimate of drug-likeness (QED) is 0.860. The van der Waals surface area contributed by atoms with Crippen molar-refractivity contribution in [1.29, 1.82) is 0 Å². The number of rotatable bonds is 3. The number of aromatic nitrogens is 1. The van der Waals surface area contributed by atoms with Gasteiger partial charge in [-0.2, -0.15) is 0 Å². The molecule has 1 aromatic carbocycles. The van der Waals surface area contributed by atoms with Crippen LogP contribution < -0.4 is 0 Å². The summed E-state index contributed by atoms with van der Waals surface area (Å²) in [7, 11) is 1.92. The normalized spacial score (nSPS) is 14.8. The second-order valence-electron chi connectivity index (χ2n) is 6.04. The van der Waals surface area contributed by atoms with E-state index in [1.54, 1.807) is 9.80 Å². The van der Waals surface area contributed by atoms with Crippen molar-refractivity contribution >= 4 is 11.8 Å². The van der Waals surface area contributed by atoms with Gasteiger partial charge in [-0.1, -0.05) is 0 Å². The molecule has 1 saturated heterocycles. The highest BCUT2D eigenvalue weighted by atomic mass is 19.1. The standard InChI is InChI=1S/C18H20FN3O2/c1-20-7-6-14(13-20)12-17(23)21-8-10-22(11-9-21)18(24)15-2-4-16(19)5-3-15/h2-7,13H,8-12H2,1H3. The second-order valence-corrected chi connectivity index (χ2v) is 6.04. The van der Waals surface area contributed by atoms with E-state index in [1.807, 2.05) is 30.1 Å². The molecule has 1 fully saturated rings. The fourth-order valence-corrected chi connectivity index (χ4v) is 2.89. The topological polar surface area (TPSA) is 45.6 Å². The number of nitrogens with zero attached hydrogens (tertiary/aromatic N) is 3. The molecule has 0 N–H and O–H groups in total. The summed E-state index contributed by atoms with van der Waals surface area (Å²) in [5.41, 5.74) is 1.47. The van der Waals surface area contributed by atoms with Crippen LogP contribution in [0, 0.1) is 5.82 Å². The smallest absolute Gasteiger partial charge is 0.253 e. The lowest BCUT2D eigenvalue weighted by Crippen LogP contribution is -2.51. The first-order valence-corrected chi connectivity index (χ1v) is 7.96. The third kappa shape index (κ3) is 3.64. The Morgan fingerprint density at radius 3 is 2.21 bits per heavy atom. The van der Waals surface area contributed by atoms with Crippen molar-refractivity contribution in [1.82, 2.24) is 14.4 Å². The molecule has 0 aliphatic carbocycles. The van der Waals surface area contributed by atoms with E-state index in [1.165, 1.54) is 24.3 Å². The van der Waals surface area contributed by atoms with E-state index in [-0.39, 0.29) is 17.6 Å². The van der Waals surface area contributed by atoms with Gasteiger partial charge in [-0.25, -0.2) is 4.39 Å². The molecule has 2 aromatic rings. The van der Waals surface area contributed by atoms with Gasteiger partial charge in [0.15, 0.2) is 0 Å². The zero-order valence-corrected chi connectivity index (χ0v) is 13.6. The van der Waals surface area contributed by atoms with Crippen LogP contribution in [0.5, 0.6) is 0 Å². The van der Waals surface area contributed by atoms with Gasteiger partial charge in [-0.05, 0) is 35.9 Å². The minimum Gasteiger partial charge on any atom is -0.357 e. The number of piperazine rings is 1. The van der Waals surface area contributed by atoms with E-state index in [0.717, 1.165) is 5.56 Å². The van der Waals surface area contributed by atoms with Crippen molar-refractivity contribution in [3.63, 3.8) is 0 Å². The van der Waals surface area contributed by atoms with Crippen molar-refractivity contribution in [3.8, 4) is 0 Å². The fraction of sp³-hybridized carbons (Fsp3) is 0.333. The van der Waals surface area contributed by atoms with Gasteiger partial charge < -0.3 is 14.4 Å². The van der Waals surface area contributed by atoms with Crippen LogP contribution in [0.15, 0.2) is 42.7 Å². The predicted molar refractivity (Wildman–Crippen MR) is 88.0 cm³/mol. The molecule has 6 heteroatoms. The largest absolute Gasteiger partial charge is 0.357 e. The van der Waals surface area contributed by atoms with Crippen molar-refractivity contribution in [2.24, 2.45) is 7.05 Å². The molecular formula is C18H20FN3O2. The summed E-state index contributed by atoms with van der Waals surface area (Å²) >= 11 is 0. The maximum absolute atomic E-state index is 12.9. The number of aryl methyl sites for hydroxylation is 1. The summed E-state index contributed by atoms with van der Waals surface area (Å²) in [6.45, 7) is 2.05. The van der Waals surface area contributed by atoms with Gasteiger partial charge in [0.05, 0.1) is 6.42 Å². The molecule has 1 aromatic heterocycles. The van der Waals surface area contributed by atoms with Gasteiger partial charge in [0.25, 0.3) is 5.91 Å². The fourth-order valence-electron chi connectivity index (χ4n) is 2.89. The van der Waals surface area contributed by atoms with Crippen LogP contribution >= 0.6 is 0 Å². The second kappa shape index (κ2) is 6.86. The van der Waals surface area contributed by atoms with Crippen molar-refractivity contribution in [2.45, 2.75) is 6.42 Å². The average Bonchev–Trinajstić information content (AvgIpc) is 3.00. The lowest BCUT2D eigenvalue weighted by atomic mass is 10.1. The summed E-state index contributed by atoms with van der Waals surface area (Å²) in [5, 5.41) is 0. The maximum atomic E-state index is 12.9. The Morgan fingerprint density at radius 2 is 1.62 bits per heavy atom. The Hall–Kier alpha value is -2.63. The van der Waals surface area contributed by atoms with Crippen LogP contribution in [0.1, 0.15) is 15.9 Å². The molecule has 0 unspecified atom stereocenters. The van der Waals surface area contributed by atoms with E-state index in [0.29, 0.717) is 38.2 Å². The third-order valence-corrected chi connectivity index (χ3v) is 4.26. The maximum Gasteiger partial charge on any atom is 0.253 e. The molecule has 0 radical (unpaired) electrons. The van der Waals surface area contributed by atoms with Gasteiger partial charge in [-0.3, -0.25) is 9.59 Å². The average molecular weight is 329 g/mol. The molecule has 5 nitrogen and oxygen atoms in total. The number of halogens is 1. The van der Waals surface area contributed by atoms with E-state index in [2.05, 4.69) is 0 Å². The van der Waals surface area contributed by atoms with Gasteiger partial charge in [0.2, 0.25) is 5.91 Å². The SMILES string of the molecule is Cn1ccc(CC(=O)N2CCN(C(=O)c3ccc(F)cc3)CC2)c1. The Morgan fingerprint density at radius 1 is 1.00 bits per heavy atom.